The lowest BCUT2D eigenvalue weighted by Gasteiger charge is -2.11. The van der Waals surface area contributed by atoms with E-state index in [1.165, 1.54) is 6.20 Å². The average molecular weight is 309 g/mol. The van der Waals surface area contributed by atoms with Crippen molar-refractivity contribution in [2.75, 3.05) is 11.3 Å². The summed E-state index contributed by atoms with van der Waals surface area (Å²) >= 11 is 0. The van der Waals surface area contributed by atoms with Gasteiger partial charge in [-0.2, -0.15) is 5.10 Å². The molecule has 2 rings (SSSR count). The van der Waals surface area contributed by atoms with Crippen LogP contribution in [0.1, 0.15) is 23.9 Å². The molecule has 2 aromatic rings. The SMILES string of the molecule is CCNCc1n[nH]c(C)c1S(=O)(=O)Nc1cnccc1C. The minimum absolute atomic E-state index is 0.187. The second-order valence-corrected chi connectivity index (χ2v) is 6.32. The van der Waals surface area contributed by atoms with Crippen molar-refractivity contribution in [1.29, 1.82) is 0 Å². The van der Waals surface area contributed by atoms with E-state index in [9.17, 15) is 8.42 Å². The Morgan fingerprint density at radius 3 is 2.76 bits per heavy atom. The van der Waals surface area contributed by atoms with Gasteiger partial charge < -0.3 is 5.32 Å². The van der Waals surface area contributed by atoms with Crippen molar-refractivity contribution in [2.45, 2.75) is 32.2 Å². The Morgan fingerprint density at radius 2 is 2.10 bits per heavy atom. The monoisotopic (exact) mass is 309 g/mol. The van der Waals surface area contributed by atoms with Crippen molar-refractivity contribution in [1.82, 2.24) is 20.5 Å². The van der Waals surface area contributed by atoms with Crippen molar-refractivity contribution < 1.29 is 8.42 Å². The molecule has 0 amide bonds. The number of nitrogens with zero attached hydrogens (tertiary/aromatic N) is 2. The van der Waals surface area contributed by atoms with Crippen LogP contribution in [0.4, 0.5) is 5.69 Å². The highest BCUT2D eigenvalue weighted by Crippen LogP contribution is 2.22. The average Bonchev–Trinajstić information content (AvgIpc) is 2.81. The zero-order chi connectivity index (χ0) is 15.5. The molecule has 3 N–H and O–H groups in total. The molecule has 0 radical (unpaired) electrons. The van der Waals surface area contributed by atoms with Crippen molar-refractivity contribution in [3.8, 4) is 0 Å². The normalized spacial score (nSPS) is 11.6. The molecule has 8 heteroatoms. The van der Waals surface area contributed by atoms with Crippen LogP contribution in [0.25, 0.3) is 0 Å². The van der Waals surface area contributed by atoms with Crippen LogP contribution in [0, 0.1) is 13.8 Å². The maximum absolute atomic E-state index is 12.6. The molecular formula is C13H19N5O2S. The molecule has 0 aromatic carbocycles. The molecule has 2 heterocycles. The summed E-state index contributed by atoms with van der Waals surface area (Å²) in [6.45, 7) is 6.59. The van der Waals surface area contributed by atoms with Crippen LogP contribution in [-0.2, 0) is 16.6 Å². The summed E-state index contributed by atoms with van der Waals surface area (Å²) in [5, 5.41) is 9.87. The predicted molar refractivity (Wildman–Crippen MR) is 80.5 cm³/mol. The van der Waals surface area contributed by atoms with E-state index >= 15 is 0 Å². The van der Waals surface area contributed by atoms with Gasteiger partial charge in [0.1, 0.15) is 4.90 Å². The van der Waals surface area contributed by atoms with Gasteiger partial charge in [0, 0.05) is 12.7 Å². The standard InChI is InChI=1S/C13H19N5O2S/c1-4-14-8-12-13(10(3)16-17-12)21(19,20)18-11-7-15-6-5-9(11)2/h5-7,14,18H,4,8H2,1-3H3,(H,16,17). The van der Waals surface area contributed by atoms with Gasteiger partial charge in [0.05, 0.1) is 23.3 Å². The Hall–Kier alpha value is -1.93. The number of aromatic amines is 1. The topological polar surface area (TPSA) is 99.8 Å². The molecule has 0 spiro atoms. The second kappa shape index (κ2) is 6.23. The zero-order valence-corrected chi connectivity index (χ0v) is 13.1. The van der Waals surface area contributed by atoms with E-state index in [2.05, 4.69) is 25.2 Å². The van der Waals surface area contributed by atoms with Gasteiger partial charge in [0.25, 0.3) is 10.0 Å². The van der Waals surface area contributed by atoms with Crippen molar-refractivity contribution in [2.24, 2.45) is 0 Å². The number of nitrogens with one attached hydrogen (secondary N) is 3. The molecule has 21 heavy (non-hydrogen) atoms. The summed E-state index contributed by atoms with van der Waals surface area (Å²) in [6, 6.07) is 1.75. The lowest BCUT2D eigenvalue weighted by molar-refractivity contribution is 0.597. The molecule has 0 saturated carbocycles. The molecule has 0 aliphatic rings. The summed E-state index contributed by atoms with van der Waals surface area (Å²) in [4.78, 5) is 4.13. The Labute approximate surface area is 124 Å². The molecule has 2 aromatic heterocycles. The van der Waals surface area contributed by atoms with E-state index in [1.54, 1.807) is 19.2 Å². The van der Waals surface area contributed by atoms with Crippen molar-refractivity contribution >= 4 is 15.7 Å². The summed E-state index contributed by atoms with van der Waals surface area (Å²) in [6.07, 6.45) is 3.11. The smallest absolute Gasteiger partial charge is 0.265 e. The number of aryl methyl sites for hydroxylation is 2. The molecule has 0 saturated heterocycles. The largest absolute Gasteiger partial charge is 0.311 e. The quantitative estimate of drug-likeness (QED) is 0.747. The van der Waals surface area contributed by atoms with E-state index in [4.69, 9.17) is 0 Å². The van der Waals surface area contributed by atoms with Crippen LogP contribution >= 0.6 is 0 Å². The number of hydrogen-bond donors (Lipinski definition) is 3. The number of pyridine rings is 1. The van der Waals surface area contributed by atoms with Crippen LogP contribution < -0.4 is 10.0 Å². The molecule has 0 atom stereocenters. The Morgan fingerprint density at radius 1 is 1.33 bits per heavy atom. The number of hydrogen-bond acceptors (Lipinski definition) is 5. The Kier molecular flexibility index (Phi) is 4.59. The minimum Gasteiger partial charge on any atom is -0.311 e. The highest BCUT2D eigenvalue weighted by atomic mass is 32.2. The highest BCUT2D eigenvalue weighted by molar-refractivity contribution is 7.92. The summed E-state index contributed by atoms with van der Waals surface area (Å²) in [5.74, 6) is 0. The van der Waals surface area contributed by atoms with Crippen molar-refractivity contribution in [3.05, 3.63) is 35.4 Å². The Bertz CT molecular complexity index is 724. The third kappa shape index (κ3) is 3.40. The van der Waals surface area contributed by atoms with Gasteiger partial charge in [-0.05, 0) is 32.0 Å². The number of sulfonamides is 1. The third-order valence-corrected chi connectivity index (χ3v) is 4.62. The number of H-pyrrole nitrogens is 1. The first-order valence-corrected chi connectivity index (χ1v) is 8.12. The van der Waals surface area contributed by atoms with Gasteiger partial charge in [-0.3, -0.25) is 14.8 Å². The molecule has 0 fully saturated rings. The van der Waals surface area contributed by atoms with Crippen LogP contribution in [0.3, 0.4) is 0 Å². The van der Waals surface area contributed by atoms with Gasteiger partial charge in [-0.25, -0.2) is 8.42 Å². The minimum atomic E-state index is -3.71. The fourth-order valence-electron chi connectivity index (χ4n) is 1.96. The van der Waals surface area contributed by atoms with Gasteiger partial charge in [-0.15, -0.1) is 0 Å². The molecule has 0 aliphatic heterocycles. The van der Waals surface area contributed by atoms with Gasteiger partial charge in [-0.1, -0.05) is 6.92 Å². The molecule has 7 nitrogen and oxygen atoms in total. The van der Waals surface area contributed by atoms with Crippen LogP contribution in [0.2, 0.25) is 0 Å². The number of aromatic nitrogens is 3. The zero-order valence-electron chi connectivity index (χ0n) is 12.3. The first-order chi connectivity index (χ1) is 9.95. The lowest BCUT2D eigenvalue weighted by atomic mass is 10.3. The second-order valence-electron chi connectivity index (χ2n) is 4.70. The van der Waals surface area contributed by atoms with Gasteiger partial charge in [0.2, 0.25) is 0 Å². The summed E-state index contributed by atoms with van der Waals surface area (Å²) < 4.78 is 27.8. The number of rotatable bonds is 6. The maximum Gasteiger partial charge on any atom is 0.265 e. The van der Waals surface area contributed by atoms with E-state index in [0.717, 1.165) is 12.1 Å². The molecule has 0 unspecified atom stereocenters. The van der Waals surface area contributed by atoms with Crippen LogP contribution in [0.15, 0.2) is 23.4 Å². The fourth-order valence-corrected chi connectivity index (χ4v) is 3.44. The molecular weight excluding hydrogens is 290 g/mol. The summed E-state index contributed by atoms with van der Waals surface area (Å²) in [7, 11) is -3.71. The summed E-state index contributed by atoms with van der Waals surface area (Å²) in [5.41, 5.74) is 2.26. The fraction of sp³-hybridized carbons (Fsp3) is 0.385. The van der Waals surface area contributed by atoms with E-state index in [0.29, 0.717) is 23.6 Å². The van der Waals surface area contributed by atoms with Crippen LogP contribution in [0.5, 0.6) is 0 Å². The first kappa shape index (κ1) is 15.5. The predicted octanol–water partition coefficient (Wildman–Crippen LogP) is 1.33. The lowest BCUT2D eigenvalue weighted by Crippen LogP contribution is -2.19. The number of anilines is 1. The first-order valence-electron chi connectivity index (χ1n) is 6.63. The van der Waals surface area contributed by atoms with Crippen LogP contribution in [-0.4, -0.2) is 30.1 Å². The van der Waals surface area contributed by atoms with Crippen molar-refractivity contribution in [3.63, 3.8) is 0 Å². The van der Waals surface area contributed by atoms with E-state index in [1.807, 2.05) is 13.8 Å². The highest BCUT2D eigenvalue weighted by Gasteiger charge is 2.24. The van der Waals surface area contributed by atoms with E-state index < -0.39 is 10.0 Å². The van der Waals surface area contributed by atoms with Gasteiger partial charge >= 0.3 is 0 Å². The van der Waals surface area contributed by atoms with Gasteiger partial charge in [0.15, 0.2) is 0 Å². The maximum atomic E-state index is 12.6. The molecule has 0 aliphatic carbocycles. The van der Waals surface area contributed by atoms with E-state index in [-0.39, 0.29) is 4.90 Å². The molecule has 114 valence electrons. The third-order valence-electron chi connectivity index (χ3n) is 3.06. The molecule has 0 bridgehead atoms. The Balaban J connectivity index is 2.36.